The van der Waals surface area contributed by atoms with Crippen molar-refractivity contribution in [1.29, 1.82) is 0 Å². The van der Waals surface area contributed by atoms with Gasteiger partial charge in [-0.25, -0.2) is 4.98 Å². The topological polar surface area (TPSA) is 21.1 Å². The third-order valence-corrected chi connectivity index (χ3v) is 5.23. The van der Waals surface area contributed by atoms with Crippen molar-refractivity contribution in [3.8, 4) is 0 Å². The molecule has 0 N–H and O–H groups in total. The van der Waals surface area contributed by atoms with E-state index in [1.54, 1.807) is 0 Å². The molecule has 0 radical (unpaired) electrons. The lowest BCUT2D eigenvalue weighted by molar-refractivity contribution is 0.289. The third kappa shape index (κ3) is 3.22. The number of rotatable bonds is 4. The Hall–Kier alpha value is -0.710. The molecule has 0 aliphatic carbocycles. The summed E-state index contributed by atoms with van der Waals surface area (Å²) in [5.74, 6) is 3.50. The zero-order valence-electron chi connectivity index (χ0n) is 12.7. The number of aromatic nitrogens is 2. The summed E-state index contributed by atoms with van der Waals surface area (Å²) in [6.45, 7) is 8.60. The molecule has 114 valence electrons. The second-order valence-corrected chi connectivity index (χ2v) is 7.51. The van der Waals surface area contributed by atoms with E-state index in [0.29, 0.717) is 0 Å². The quantitative estimate of drug-likeness (QED) is 0.801. The Morgan fingerprint density at radius 1 is 1.29 bits per heavy atom. The third-order valence-electron chi connectivity index (χ3n) is 4.10. The van der Waals surface area contributed by atoms with Crippen LogP contribution < -0.4 is 0 Å². The minimum Gasteiger partial charge on any atom is -0.325 e. The second-order valence-electron chi connectivity index (χ2n) is 5.63. The fourth-order valence-electron chi connectivity index (χ4n) is 2.98. The number of para-hydroxylation sites is 1. The van der Waals surface area contributed by atoms with Gasteiger partial charge in [0.1, 0.15) is 5.82 Å². The van der Waals surface area contributed by atoms with Crippen LogP contribution in [-0.4, -0.2) is 45.6 Å². The smallest absolute Gasteiger partial charge is 0.127 e. The van der Waals surface area contributed by atoms with Gasteiger partial charge < -0.3 is 4.57 Å². The van der Waals surface area contributed by atoms with Crippen molar-refractivity contribution < 1.29 is 0 Å². The highest BCUT2D eigenvalue weighted by molar-refractivity contribution is 7.99. The Balaban J connectivity index is 1.89. The molecule has 3 nitrogen and oxygen atoms in total. The van der Waals surface area contributed by atoms with Gasteiger partial charge in [0, 0.05) is 37.7 Å². The van der Waals surface area contributed by atoms with Crippen LogP contribution in [0.4, 0.5) is 0 Å². The monoisotopic (exact) mass is 323 g/mol. The van der Waals surface area contributed by atoms with Gasteiger partial charge in [-0.15, -0.1) is 11.6 Å². The van der Waals surface area contributed by atoms with Gasteiger partial charge in [0.15, 0.2) is 0 Å². The number of thioether (sulfide) groups is 1. The van der Waals surface area contributed by atoms with Gasteiger partial charge in [0.2, 0.25) is 0 Å². The molecule has 0 spiro atoms. The van der Waals surface area contributed by atoms with Crippen molar-refractivity contribution >= 4 is 34.4 Å². The van der Waals surface area contributed by atoms with E-state index in [1.165, 1.54) is 35.7 Å². The van der Waals surface area contributed by atoms with Crippen LogP contribution in [0.3, 0.4) is 0 Å². The number of fused-ring (bicyclic) bond motifs is 1. The second kappa shape index (κ2) is 6.59. The van der Waals surface area contributed by atoms with E-state index in [4.69, 9.17) is 16.6 Å². The van der Waals surface area contributed by atoms with Crippen LogP contribution >= 0.6 is 23.4 Å². The van der Waals surface area contributed by atoms with Crippen LogP contribution in [0.1, 0.15) is 23.7 Å². The lowest BCUT2D eigenvalue weighted by Gasteiger charge is -2.26. The Bertz CT molecular complexity index is 617. The van der Waals surface area contributed by atoms with E-state index in [-0.39, 0.29) is 5.38 Å². The van der Waals surface area contributed by atoms with Crippen molar-refractivity contribution in [2.75, 3.05) is 31.1 Å². The van der Waals surface area contributed by atoms with Crippen LogP contribution in [0.25, 0.3) is 11.0 Å². The fraction of sp³-hybridized carbons (Fsp3) is 0.562. The first-order chi connectivity index (χ1) is 10.2. The maximum absolute atomic E-state index is 6.35. The molecular weight excluding hydrogens is 302 g/mol. The molecule has 21 heavy (non-hydrogen) atoms. The first kappa shape index (κ1) is 15.2. The molecule has 1 atom stereocenters. The number of nitrogens with zero attached hydrogens (tertiary/aromatic N) is 3. The number of alkyl halides is 1. The number of imidazole rings is 1. The van der Waals surface area contributed by atoms with E-state index < -0.39 is 0 Å². The average molecular weight is 324 g/mol. The maximum atomic E-state index is 6.35. The Morgan fingerprint density at radius 2 is 2.05 bits per heavy atom. The number of hydrogen-bond acceptors (Lipinski definition) is 3. The van der Waals surface area contributed by atoms with E-state index in [0.717, 1.165) is 24.4 Å². The van der Waals surface area contributed by atoms with E-state index in [2.05, 4.69) is 46.4 Å². The van der Waals surface area contributed by atoms with Crippen molar-refractivity contribution in [2.45, 2.75) is 25.8 Å². The molecule has 5 heteroatoms. The van der Waals surface area contributed by atoms with Crippen LogP contribution in [0, 0.1) is 6.92 Å². The molecule has 1 saturated heterocycles. The first-order valence-corrected chi connectivity index (χ1v) is 9.16. The molecule has 1 aliphatic heterocycles. The zero-order chi connectivity index (χ0) is 14.8. The normalized spacial score (nSPS) is 18.2. The summed E-state index contributed by atoms with van der Waals surface area (Å²) >= 11 is 8.41. The Morgan fingerprint density at radius 3 is 2.76 bits per heavy atom. The standard InChI is InChI=1S/C16H22ClN3S/c1-12-4-3-5-14-15(12)20(16(18-14)13(2)17)7-6-19-8-10-21-11-9-19/h3-5,13H,6-11H2,1-2H3. The summed E-state index contributed by atoms with van der Waals surface area (Å²) in [5, 5.41) is -0.0614. The van der Waals surface area contributed by atoms with Gasteiger partial charge in [-0.2, -0.15) is 11.8 Å². The van der Waals surface area contributed by atoms with Gasteiger partial charge in [-0.3, -0.25) is 4.90 Å². The van der Waals surface area contributed by atoms with E-state index >= 15 is 0 Å². The SMILES string of the molecule is Cc1cccc2nc(C(C)Cl)n(CCN3CCSCC3)c12. The zero-order valence-corrected chi connectivity index (χ0v) is 14.3. The highest BCUT2D eigenvalue weighted by atomic mass is 35.5. The Kier molecular flexibility index (Phi) is 4.77. The van der Waals surface area contributed by atoms with Gasteiger partial charge >= 0.3 is 0 Å². The van der Waals surface area contributed by atoms with Crippen molar-refractivity contribution in [1.82, 2.24) is 14.5 Å². The summed E-state index contributed by atoms with van der Waals surface area (Å²) in [6.07, 6.45) is 0. The molecule has 1 unspecified atom stereocenters. The minimum absolute atomic E-state index is 0.0614. The predicted octanol–water partition coefficient (Wildman–Crippen LogP) is 3.69. The summed E-state index contributed by atoms with van der Waals surface area (Å²) in [4.78, 5) is 7.29. The largest absolute Gasteiger partial charge is 0.325 e. The molecule has 0 bridgehead atoms. The lowest BCUT2D eigenvalue weighted by atomic mass is 10.2. The lowest BCUT2D eigenvalue weighted by Crippen LogP contribution is -2.35. The average Bonchev–Trinajstić information content (AvgIpc) is 2.86. The van der Waals surface area contributed by atoms with Crippen LogP contribution in [0.5, 0.6) is 0 Å². The van der Waals surface area contributed by atoms with E-state index in [1.807, 2.05) is 6.92 Å². The minimum atomic E-state index is -0.0614. The van der Waals surface area contributed by atoms with Crippen molar-refractivity contribution in [3.63, 3.8) is 0 Å². The molecule has 1 aromatic heterocycles. The fourth-order valence-corrected chi connectivity index (χ4v) is 4.12. The van der Waals surface area contributed by atoms with Gasteiger partial charge in [0.25, 0.3) is 0 Å². The van der Waals surface area contributed by atoms with Gasteiger partial charge in [0.05, 0.1) is 16.4 Å². The predicted molar refractivity (Wildman–Crippen MR) is 92.5 cm³/mol. The van der Waals surface area contributed by atoms with Gasteiger partial charge in [-0.05, 0) is 25.5 Å². The molecule has 2 aromatic rings. The van der Waals surface area contributed by atoms with Crippen molar-refractivity contribution in [3.05, 3.63) is 29.6 Å². The first-order valence-electron chi connectivity index (χ1n) is 7.56. The number of benzene rings is 1. The number of aryl methyl sites for hydroxylation is 1. The maximum Gasteiger partial charge on any atom is 0.127 e. The van der Waals surface area contributed by atoms with Gasteiger partial charge in [-0.1, -0.05) is 12.1 Å². The molecule has 1 fully saturated rings. The molecular formula is C16H22ClN3S. The summed E-state index contributed by atoms with van der Waals surface area (Å²) in [6, 6.07) is 6.30. The summed E-state index contributed by atoms with van der Waals surface area (Å²) < 4.78 is 2.32. The Labute approximate surface area is 135 Å². The highest BCUT2D eigenvalue weighted by Gasteiger charge is 2.17. The molecule has 1 aromatic carbocycles. The molecule has 2 heterocycles. The molecule has 0 saturated carbocycles. The van der Waals surface area contributed by atoms with Crippen LogP contribution in [0.15, 0.2) is 18.2 Å². The van der Waals surface area contributed by atoms with Crippen molar-refractivity contribution in [2.24, 2.45) is 0 Å². The molecule has 1 aliphatic rings. The van der Waals surface area contributed by atoms with Crippen LogP contribution in [0.2, 0.25) is 0 Å². The molecule has 3 rings (SSSR count). The summed E-state index contributed by atoms with van der Waals surface area (Å²) in [5.41, 5.74) is 3.58. The number of hydrogen-bond donors (Lipinski definition) is 0. The summed E-state index contributed by atoms with van der Waals surface area (Å²) in [7, 11) is 0. The molecule has 0 amide bonds. The number of halogens is 1. The van der Waals surface area contributed by atoms with E-state index in [9.17, 15) is 0 Å². The van der Waals surface area contributed by atoms with Crippen LogP contribution in [-0.2, 0) is 6.54 Å². The highest BCUT2D eigenvalue weighted by Crippen LogP contribution is 2.26.